The number of benzene rings is 1. The Morgan fingerprint density at radius 2 is 1.96 bits per heavy atom. The Bertz CT molecular complexity index is 638. The first-order valence-corrected chi connectivity index (χ1v) is 7.83. The van der Waals surface area contributed by atoms with E-state index >= 15 is 0 Å². The number of carboxylic acid groups (broad SMARTS) is 1. The molecular weight excluding hydrogens is 298 g/mol. The van der Waals surface area contributed by atoms with Crippen LogP contribution in [-0.4, -0.2) is 48.7 Å². The lowest BCUT2D eigenvalue weighted by Gasteiger charge is -2.38. The highest BCUT2D eigenvalue weighted by molar-refractivity contribution is 5.98. The Balaban J connectivity index is 1.91. The van der Waals surface area contributed by atoms with Crippen LogP contribution in [0.4, 0.5) is 0 Å². The van der Waals surface area contributed by atoms with E-state index in [1.165, 1.54) is 24.9 Å². The summed E-state index contributed by atoms with van der Waals surface area (Å²) in [7, 11) is 3.13. The molecule has 0 unspecified atom stereocenters. The maximum Gasteiger partial charge on any atom is 0.326 e. The standard InChI is InChI=1S/C17H21NO5/c1-22-14-9-12(16(19)18-6-5-13(18)17(20)21)8-11(15(14)23-2)7-10-3-4-10/h8-10,13H,3-7H2,1-2H3,(H,20,21)/t13-/m1/s1. The lowest BCUT2D eigenvalue weighted by atomic mass is 9.98. The van der Waals surface area contributed by atoms with Crippen LogP contribution < -0.4 is 9.47 Å². The smallest absolute Gasteiger partial charge is 0.326 e. The normalized spacial score (nSPS) is 19.9. The second-order valence-corrected chi connectivity index (χ2v) is 6.16. The summed E-state index contributed by atoms with van der Waals surface area (Å²) < 4.78 is 10.8. The largest absolute Gasteiger partial charge is 0.493 e. The van der Waals surface area contributed by atoms with Crippen LogP contribution in [0, 0.1) is 5.92 Å². The molecule has 0 spiro atoms. The molecule has 1 N–H and O–H groups in total. The number of rotatable bonds is 6. The van der Waals surface area contributed by atoms with Gasteiger partial charge < -0.3 is 19.5 Å². The quantitative estimate of drug-likeness (QED) is 0.867. The molecule has 6 heteroatoms. The molecule has 1 saturated carbocycles. The predicted octanol–water partition coefficient (Wildman–Crippen LogP) is 1.96. The Hall–Kier alpha value is -2.24. The Kier molecular flexibility index (Phi) is 4.15. The Labute approximate surface area is 135 Å². The minimum Gasteiger partial charge on any atom is -0.493 e. The lowest BCUT2D eigenvalue weighted by Crippen LogP contribution is -2.55. The molecule has 0 aromatic heterocycles. The molecule has 1 aliphatic heterocycles. The van der Waals surface area contributed by atoms with Crippen molar-refractivity contribution in [2.45, 2.75) is 31.7 Å². The van der Waals surface area contributed by atoms with Crippen molar-refractivity contribution in [2.75, 3.05) is 20.8 Å². The van der Waals surface area contributed by atoms with Crippen molar-refractivity contribution >= 4 is 11.9 Å². The third-order valence-corrected chi connectivity index (χ3v) is 4.57. The fourth-order valence-corrected chi connectivity index (χ4v) is 3.00. The summed E-state index contributed by atoms with van der Waals surface area (Å²) in [6.45, 7) is 0.474. The number of hydrogen-bond acceptors (Lipinski definition) is 4. The molecular formula is C17H21NO5. The van der Waals surface area contributed by atoms with Crippen LogP contribution in [0.2, 0.25) is 0 Å². The summed E-state index contributed by atoms with van der Waals surface area (Å²) >= 11 is 0. The molecule has 1 heterocycles. The van der Waals surface area contributed by atoms with E-state index in [1.807, 2.05) is 6.07 Å². The number of carbonyl (C=O) groups excluding carboxylic acids is 1. The van der Waals surface area contributed by atoms with Crippen molar-refractivity contribution in [2.24, 2.45) is 5.92 Å². The Morgan fingerprint density at radius 1 is 1.22 bits per heavy atom. The molecule has 0 radical (unpaired) electrons. The SMILES string of the molecule is COc1cc(C(=O)N2CC[C@@H]2C(=O)O)cc(CC2CC2)c1OC. The van der Waals surface area contributed by atoms with Crippen molar-refractivity contribution < 1.29 is 24.2 Å². The minimum absolute atomic E-state index is 0.262. The van der Waals surface area contributed by atoms with Crippen LogP contribution in [0.15, 0.2) is 12.1 Å². The summed E-state index contributed by atoms with van der Waals surface area (Å²) in [6.07, 6.45) is 3.74. The van der Waals surface area contributed by atoms with Gasteiger partial charge in [0, 0.05) is 12.1 Å². The zero-order valence-corrected chi connectivity index (χ0v) is 13.4. The first kappa shape index (κ1) is 15.6. The fraction of sp³-hybridized carbons (Fsp3) is 0.529. The van der Waals surface area contributed by atoms with Gasteiger partial charge in [0.1, 0.15) is 6.04 Å². The lowest BCUT2D eigenvalue weighted by molar-refractivity contribution is -0.146. The molecule has 0 bridgehead atoms. The topological polar surface area (TPSA) is 76.1 Å². The van der Waals surface area contributed by atoms with E-state index in [0.717, 1.165) is 12.0 Å². The van der Waals surface area contributed by atoms with Gasteiger partial charge in [-0.1, -0.05) is 0 Å². The molecule has 6 nitrogen and oxygen atoms in total. The fourth-order valence-electron chi connectivity index (χ4n) is 3.00. The van der Waals surface area contributed by atoms with Gasteiger partial charge in [-0.3, -0.25) is 4.79 Å². The molecule has 23 heavy (non-hydrogen) atoms. The van der Waals surface area contributed by atoms with Crippen LogP contribution in [0.5, 0.6) is 11.5 Å². The molecule has 1 amide bonds. The van der Waals surface area contributed by atoms with E-state index in [-0.39, 0.29) is 5.91 Å². The van der Waals surface area contributed by atoms with E-state index in [2.05, 4.69) is 0 Å². The molecule has 2 aliphatic rings. The van der Waals surface area contributed by atoms with E-state index < -0.39 is 12.0 Å². The minimum atomic E-state index is -0.955. The van der Waals surface area contributed by atoms with Crippen molar-refractivity contribution in [3.63, 3.8) is 0 Å². The number of amides is 1. The van der Waals surface area contributed by atoms with Gasteiger partial charge in [0.05, 0.1) is 14.2 Å². The molecule has 1 aliphatic carbocycles. The van der Waals surface area contributed by atoms with Gasteiger partial charge in [0.25, 0.3) is 5.91 Å². The summed E-state index contributed by atoms with van der Waals surface area (Å²) in [5.41, 5.74) is 1.41. The second-order valence-electron chi connectivity index (χ2n) is 6.16. The second kappa shape index (κ2) is 6.10. The number of likely N-dealkylation sites (tertiary alicyclic amines) is 1. The zero-order valence-electron chi connectivity index (χ0n) is 13.4. The molecule has 2 fully saturated rings. The number of nitrogens with zero attached hydrogens (tertiary/aromatic N) is 1. The molecule has 124 valence electrons. The first-order chi connectivity index (χ1) is 11.0. The first-order valence-electron chi connectivity index (χ1n) is 7.83. The molecule has 3 rings (SSSR count). The Morgan fingerprint density at radius 3 is 2.43 bits per heavy atom. The van der Waals surface area contributed by atoms with Crippen molar-refractivity contribution in [1.82, 2.24) is 4.90 Å². The molecule has 1 saturated heterocycles. The van der Waals surface area contributed by atoms with E-state index in [1.54, 1.807) is 13.2 Å². The maximum atomic E-state index is 12.6. The highest BCUT2D eigenvalue weighted by Gasteiger charge is 2.38. The number of carboxylic acids is 1. The number of hydrogen-bond donors (Lipinski definition) is 1. The van der Waals surface area contributed by atoms with Crippen LogP contribution in [-0.2, 0) is 11.2 Å². The molecule has 1 aromatic carbocycles. The number of carbonyl (C=O) groups is 2. The summed E-state index contributed by atoms with van der Waals surface area (Å²) in [6, 6.07) is 2.73. The van der Waals surface area contributed by atoms with Gasteiger partial charge in [-0.25, -0.2) is 4.79 Å². The van der Waals surface area contributed by atoms with E-state index in [0.29, 0.717) is 35.9 Å². The monoisotopic (exact) mass is 319 g/mol. The molecule has 1 atom stereocenters. The summed E-state index contributed by atoms with van der Waals surface area (Å²) in [5, 5.41) is 9.13. The maximum absolute atomic E-state index is 12.6. The predicted molar refractivity (Wildman–Crippen MR) is 83.1 cm³/mol. The van der Waals surface area contributed by atoms with Crippen LogP contribution in [0.1, 0.15) is 35.2 Å². The van der Waals surface area contributed by atoms with Crippen LogP contribution in [0.25, 0.3) is 0 Å². The number of aliphatic carboxylic acids is 1. The van der Waals surface area contributed by atoms with E-state index in [9.17, 15) is 9.59 Å². The zero-order chi connectivity index (χ0) is 16.6. The van der Waals surface area contributed by atoms with Crippen molar-refractivity contribution in [1.29, 1.82) is 0 Å². The number of methoxy groups -OCH3 is 2. The van der Waals surface area contributed by atoms with Crippen molar-refractivity contribution in [3.05, 3.63) is 23.3 Å². The van der Waals surface area contributed by atoms with Gasteiger partial charge >= 0.3 is 5.97 Å². The third-order valence-electron chi connectivity index (χ3n) is 4.57. The van der Waals surface area contributed by atoms with Gasteiger partial charge in [-0.2, -0.15) is 0 Å². The van der Waals surface area contributed by atoms with Gasteiger partial charge in [0.15, 0.2) is 11.5 Å². The molecule has 1 aromatic rings. The number of ether oxygens (including phenoxy) is 2. The van der Waals surface area contributed by atoms with Gasteiger partial charge in [0.2, 0.25) is 0 Å². The summed E-state index contributed by atoms with van der Waals surface area (Å²) in [4.78, 5) is 25.2. The van der Waals surface area contributed by atoms with Gasteiger partial charge in [-0.15, -0.1) is 0 Å². The highest BCUT2D eigenvalue weighted by Crippen LogP contribution is 2.40. The van der Waals surface area contributed by atoms with Crippen LogP contribution >= 0.6 is 0 Å². The third kappa shape index (κ3) is 2.98. The summed E-state index contributed by atoms with van der Waals surface area (Å²) in [5.74, 6) is 0.593. The van der Waals surface area contributed by atoms with Gasteiger partial charge in [-0.05, 0) is 49.3 Å². The average molecular weight is 319 g/mol. The van der Waals surface area contributed by atoms with Crippen molar-refractivity contribution in [3.8, 4) is 11.5 Å². The highest BCUT2D eigenvalue weighted by atomic mass is 16.5. The van der Waals surface area contributed by atoms with Crippen LogP contribution in [0.3, 0.4) is 0 Å². The van der Waals surface area contributed by atoms with E-state index in [4.69, 9.17) is 14.6 Å². The average Bonchev–Trinajstić information content (AvgIpc) is 3.28.